The Morgan fingerprint density at radius 3 is 2.35 bits per heavy atom. The molecule has 0 bridgehead atoms. The molecule has 0 aromatic heterocycles. The maximum absolute atomic E-state index is 11.7. The molecule has 0 unspecified atom stereocenters. The van der Waals surface area contributed by atoms with Crippen molar-refractivity contribution in [3.63, 3.8) is 0 Å². The normalized spacial score (nSPS) is 11.5. The van der Waals surface area contributed by atoms with Gasteiger partial charge in [-0.25, -0.2) is 0 Å². The highest BCUT2D eigenvalue weighted by Crippen LogP contribution is 2.16. The van der Waals surface area contributed by atoms with E-state index in [4.69, 9.17) is 5.11 Å². The van der Waals surface area contributed by atoms with Crippen LogP contribution in [0.5, 0.6) is 0 Å². The minimum atomic E-state index is -1.33. The second kappa shape index (κ2) is 6.19. The molecular formula is C13H18O3S. The van der Waals surface area contributed by atoms with E-state index in [2.05, 4.69) is 0 Å². The average molecular weight is 254 g/mol. The molecule has 0 saturated heterocycles. The summed E-state index contributed by atoms with van der Waals surface area (Å²) in [5, 5.41) is 18.3. The lowest BCUT2D eigenvalue weighted by atomic mass is 9.96. The first kappa shape index (κ1) is 14.2. The number of ketones is 1. The van der Waals surface area contributed by atoms with Gasteiger partial charge in [0.25, 0.3) is 0 Å². The van der Waals surface area contributed by atoms with E-state index in [0.29, 0.717) is 11.3 Å². The molecule has 0 fully saturated rings. The maximum atomic E-state index is 11.7. The molecule has 0 spiro atoms. The van der Waals surface area contributed by atoms with Crippen LogP contribution in [0.25, 0.3) is 0 Å². The third-order valence-electron chi connectivity index (χ3n) is 2.28. The van der Waals surface area contributed by atoms with Crippen molar-refractivity contribution in [3.8, 4) is 0 Å². The summed E-state index contributed by atoms with van der Waals surface area (Å²) in [6.07, 6.45) is 0. The first-order valence-corrected chi connectivity index (χ1v) is 6.65. The number of hydrogen-bond donors (Lipinski definition) is 2. The molecular weight excluding hydrogens is 236 g/mol. The van der Waals surface area contributed by atoms with Gasteiger partial charge in [0.15, 0.2) is 5.78 Å². The molecule has 4 heteroatoms. The number of rotatable bonds is 6. The van der Waals surface area contributed by atoms with E-state index in [9.17, 15) is 9.90 Å². The Kier molecular flexibility index (Phi) is 5.18. The van der Waals surface area contributed by atoms with Gasteiger partial charge in [0.2, 0.25) is 0 Å². The predicted molar refractivity (Wildman–Crippen MR) is 70.3 cm³/mol. The summed E-state index contributed by atoms with van der Waals surface area (Å²) >= 11 is 1.64. The molecule has 17 heavy (non-hydrogen) atoms. The molecule has 1 aromatic rings. The van der Waals surface area contributed by atoms with Crippen LogP contribution in [-0.4, -0.2) is 34.0 Å². The van der Waals surface area contributed by atoms with E-state index in [-0.39, 0.29) is 12.4 Å². The topological polar surface area (TPSA) is 57.5 Å². The van der Waals surface area contributed by atoms with Gasteiger partial charge < -0.3 is 10.2 Å². The van der Waals surface area contributed by atoms with Gasteiger partial charge in [-0.05, 0) is 19.4 Å². The van der Waals surface area contributed by atoms with Crippen LogP contribution in [0.1, 0.15) is 29.8 Å². The Bertz CT molecular complexity index is 365. The first-order valence-electron chi connectivity index (χ1n) is 5.50. The van der Waals surface area contributed by atoms with Gasteiger partial charge in [-0.15, -0.1) is 0 Å². The number of carbonyl (C=O) groups is 1. The lowest BCUT2D eigenvalue weighted by molar-refractivity contribution is 0.0488. The van der Waals surface area contributed by atoms with Gasteiger partial charge in [-0.1, -0.05) is 24.3 Å². The Morgan fingerprint density at radius 1 is 1.29 bits per heavy atom. The van der Waals surface area contributed by atoms with Crippen molar-refractivity contribution in [2.45, 2.75) is 25.2 Å². The molecule has 0 aliphatic rings. The van der Waals surface area contributed by atoms with Crippen LogP contribution in [0.3, 0.4) is 0 Å². The van der Waals surface area contributed by atoms with Crippen molar-refractivity contribution in [2.24, 2.45) is 0 Å². The number of aliphatic hydroxyl groups is 2. The highest BCUT2D eigenvalue weighted by Gasteiger charge is 2.24. The smallest absolute Gasteiger partial charge is 0.193 e. The average Bonchev–Trinajstić information content (AvgIpc) is 2.28. The van der Waals surface area contributed by atoms with Gasteiger partial charge in [-0.2, -0.15) is 11.8 Å². The van der Waals surface area contributed by atoms with Crippen molar-refractivity contribution in [2.75, 3.05) is 12.4 Å². The lowest BCUT2D eigenvalue weighted by Gasteiger charge is -2.15. The summed E-state index contributed by atoms with van der Waals surface area (Å²) in [6.45, 7) is 3.15. The molecule has 2 N–H and O–H groups in total. The predicted octanol–water partition coefficient (Wildman–Crippen LogP) is 1.87. The van der Waals surface area contributed by atoms with Crippen LogP contribution in [0, 0.1) is 0 Å². The number of carbonyl (C=O) groups excluding carboxylic acids is 1. The van der Waals surface area contributed by atoms with Crippen molar-refractivity contribution >= 4 is 17.5 Å². The summed E-state index contributed by atoms with van der Waals surface area (Å²) in [6, 6.07) is 7.22. The van der Waals surface area contributed by atoms with E-state index >= 15 is 0 Å². The highest BCUT2D eigenvalue weighted by molar-refractivity contribution is 7.98. The van der Waals surface area contributed by atoms with Gasteiger partial charge in [0, 0.05) is 17.1 Å². The van der Waals surface area contributed by atoms with Crippen LogP contribution in [0.15, 0.2) is 24.3 Å². The zero-order valence-electron chi connectivity index (χ0n) is 10.1. The second-order valence-electron chi connectivity index (χ2n) is 4.36. The molecule has 94 valence electrons. The minimum absolute atomic E-state index is 0.180. The Balaban J connectivity index is 2.65. The molecule has 0 aliphatic carbocycles. The van der Waals surface area contributed by atoms with Crippen LogP contribution in [0.4, 0.5) is 0 Å². The quantitative estimate of drug-likeness (QED) is 0.601. The SMILES string of the molecule is CC(C)(O)C(=O)c1ccc(CSCCO)cc1. The Hall–Kier alpha value is -0.840. The van der Waals surface area contributed by atoms with Crippen molar-refractivity contribution in [1.82, 2.24) is 0 Å². The zero-order chi connectivity index (χ0) is 12.9. The number of benzene rings is 1. The number of thioether (sulfide) groups is 1. The molecule has 0 aliphatic heterocycles. The Morgan fingerprint density at radius 2 is 1.88 bits per heavy atom. The van der Waals surface area contributed by atoms with Gasteiger partial charge in [0.1, 0.15) is 5.60 Å². The van der Waals surface area contributed by atoms with Crippen LogP contribution < -0.4 is 0 Å². The van der Waals surface area contributed by atoms with Crippen LogP contribution in [-0.2, 0) is 5.75 Å². The molecule has 0 saturated carbocycles. The highest BCUT2D eigenvalue weighted by atomic mass is 32.2. The van der Waals surface area contributed by atoms with E-state index in [1.54, 1.807) is 23.9 Å². The van der Waals surface area contributed by atoms with Gasteiger partial charge >= 0.3 is 0 Å². The van der Waals surface area contributed by atoms with Gasteiger partial charge in [0.05, 0.1) is 6.61 Å². The molecule has 0 atom stereocenters. The zero-order valence-corrected chi connectivity index (χ0v) is 11.0. The number of Topliss-reactive ketones (excluding diaryl/α,β-unsaturated/α-hetero) is 1. The molecule has 1 aromatic carbocycles. The van der Waals surface area contributed by atoms with Gasteiger partial charge in [-0.3, -0.25) is 4.79 Å². The summed E-state index contributed by atoms with van der Waals surface area (Å²) in [5.41, 5.74) is 0.303. The maximum Gasteiger partial charge on any atom is 0.193 e. The first-order chi connectivity index (χ1) is 7.95. The number of hydrogen-bond acceptors (Lipinski definition) is 4. The second-order valence-corrected chi connectivity index (χ2v) is 5.47. The van der Waals surface area contributed by atoms with Crippen molar-refractivity contribution < 1.29 is 15.0 Å². The fourth-order valence-electron chi connectivity index (χ4n) is 1.36. The van der Waals surface area contributed by atoms with Crippen molar-refractivity contribution in [3.05, 3.63) is 35.4 Å². The van der Waals surface area contributed by atoms with Crippen LogP contribution in [0.2, 0.25) is 0 Å². The monoisotopic (exact) mass is 254 g/mol. The lowest BCUT2D eigenvalue weighted by Crippen LogP contribution is -2.30. The van der Waals surface area contributed by atoms with E-state index in [1.807, 2.05) is 12.1 Å². The molecule has 0 heterocycles. The van der Waals surface area contributed by atoms with E-state index in [1.165, 1.54) is 13.8 Å². The molecule has 3 nitrogen and oxygen atoms in total. The van der Waals surface area contributed by atoms with E-state index < -0.39 is 5.60 Å². The fourth-order valence-corrected chi connectivity index (χ4v) is 2.06. The number of aliphatic hydroxyl groups excluding tert-OH is 1. The summed E-state index contributed by atoms with van der Waals surface area (Å²) in [5.74, 6) is 1.26. The largest absolute Gasteiger partial charge is 0.396 e. The third kappa shape index (κ3) is 4.50. The molecule has 1 rings (SSSR count). The minimum Gasteiger partial charge on any atom is -0.396 e. The Labute approximate surface area is 106 Å². The fraction of sp³-hybridized carbons (Fsp3) is 0.462. The standard InChI is InChI=1S/C13H18O3S/c1-13(2,16)12(15)11-5-3-10(4-6-11)9-17-8-7-14/h3-6,14,16H,7-9H2,1-2H3. The third-order valence-corrected chi connectivity index (χ3v) is 3.28. The van der Waals surface area contributed by atoms with Crippen LogP contribution >= 0.6 is 11.8 Å². The summed E-state index contributed by atoms with van der Waals surface area (Å²) in [4.78, 5) is 11.7. The van der Waals surface area contributed by atoms with E-state index in [0.717, 1.165) is 11.3 Å². The summed E-state index contributed by atoms with van der Waals surface area (Å²) in [7, 11) is 0. The molecule has 0 radical (unpaired) electrons. The van der Waals surface area contributed by atoms with Crippen molar-refractivity contribution in [1.29, 1.82) is 0 Å². The molecule has 0 amide bonds. The summed E-state index contributed by atoms with van der Waals surface area (Å²) < 4.78 is 0.